The molecule has 132 valence electrons. The van der Waals surface area contributed by atoms with Crippen molar-refractivity contribution in [1.82, 2.24) is 10.2 Å². The molecule has 1 aromatic carbocycles. The molecule has 0 spiro atoms. The zero-order chi connectivity index (χ0) is 17.6. The second-order valence-corrected chi connectivity index (χ2v) is 6.70. The van der Waals surface area contributed by atoms with E-state index in [1.54, 1.807) is 11.1 Å². The lowest BCUT2D eigenvalue weighted by atomic mass is 9.89. The van der Waals surface area contributed by atoms with Crippen LogP contribution in [0.4, 0.5) is 0 Å². The summed E-state index contributed by atoms with van der Waals surface area (Å²) in [5.41, 5.74) is 4.23. The molecule has 0 saturated carbocycles. The number of hydrogen-bond acceptors (Lipinski definition) is 4. The Balaban J connectivity index is 1.66. The van der Waals surface area contributed by atoms with Gasteiger partial charge >= 0.3 is 0 Å². The largest absolute Gasteiger partial charge is 0.383 e. The number of nitrogens with one attached hydrogen (secondary N) is 1. The molecule has 1 unspecified atom stereocenters. The fourth-order valence-electron chi connectivity index (χ4n) is 3.41. The number of hydrogen-bond donors (Lipinski definition) is 1. The summed E-state index contributed by atoms with van der Waals surface area (Å²) in [4.78, 5) is 14.1. The monoisotopic (exact) mass is 339 g/mol. The van der Waals surface area contributed by atoms with Crippen LogP contribution in [0, 0.1) is 11.3 Å². The third kappa shape index (κ3) is 4.21. The first-order valence-corrected chi connectivity index (χ1v) is 9.04. The Morgan fingerprint density at radius 3 is 2.72 bits per heavy atom. The highest BCUT2D eigenvalue weighted by atomic mass is 16.5. The van der Waals surface area contributed by atoms with E-state index in [-0.39, 0.29) is 17.5 Å². The number of carbonyl (C=O) groups is 1. The Morgan fingerprint density at radius 2 is 2.00 bits per heavy atom. The van der Waals surface area contributed by atoms with Crippen molar-refractivity contribution < 1.29 is 9.53 Å². The number of benzene rings is 1. The van der Waals surface area contributed by atoms with Crippen LogP contribution in [0.3, 0.4) is 0 Å². The average molecular weight is 339 g/mol. The maximum absolute atomic E-state index is 12.4. The second kappa shape index (κ2) is 8.17. The van der Waals surface area contributed by atoms with Crippen LogP contribution in [0.15, 0.2) is 30.0 Å². The lowest BCUT2D eigenvalue weighted by molar-refractivity contribution is -0.130. The minimum absolute atomic E-state index is 0.0491. The predicted molar refractivity (Wildman–Crippen MR) is 95.7 cm³/mol. The summed E-state index contributed by atoms with van der Waals surface area (Å²) >= 11 is 0. The third-order valence-electron chi connectivity index (χ3n) is 5.00. The lowest BCUT2D eigenvalue weighted by Crippen LogP contribution is -2.41. The molecular weight excluding hydrogens is 314 g/mol. The predicted octanol–water partition coefficient (Wildman–Crippen LogP) is 2.48. The number of nitriles is 1. The van der Waals surface area contributed by atoms with Gasteiger partial charge in [-0.25, -0.2) is 0 Å². The Kier molecular flexibility index (Phi) is 5.72. The smallest absolute Gasteiger partial charge is 0.266 e. The molecule has 1 aliphatic carbocycles. The summed E-state index contributed by atoms with van der Waals surface area (Å²) in [6.07, 6.45) is 6.40. The number of ether oxygens (including phenoxy) is 1. The normalized spacial score (nSPS) is 18.9. The molecule has 0 aromatic heterocycles. The van der Waals surface area contributed by atoms with Crippen molar-refractivity contribution in [3.05, 3.63) is 46.7 Å². The number of nitrogens with zero attached hydrogens (tertiary/aromatic N) is 2. The first-order chi connectivity index (χ1) is 12.2. The maximum atomic E-state index is 12.4. The van der Waals surface area contributed by atoms with Gasteiger partial charge in [0.05, 0.1) is 13.2 Å². The lowest BCUT2D eigenvalue weighted by Gasteiger charge is -2.26. The van der Waals surface area contributed by atoms with Gasteiger partial charge in [-0.1, -0.05) is 18.2 Å². The molecular formula is C20H25N3O2. The van der Waals surface area contributed by atoms with E-state index in [1.807, 2.05) is 6.07 Å². The summed E-state index contributed by atoms with van der Waals surface area (Å²) in [6.45, 7) is 4.19. The molecule has 5 heteroatoms. The van der Waals surface area contributed by atoms with E-state index in [4.69, 9.17) is 4.74 Å². The van der Waals surface area contributed by atoms with E-state index in [0.29, 0.717) is 26.3 Å². The Morgan fingerprint density at radius 1 is 1.28 bits per heavy atom. The molecule has 0 bridgehead atoms. The van der Waals surface area contributed by atoms with Gasteiger partial charge in [-0.3, -0.25) is 4.79 Å². The molecule has 3 rings (SSSR count). The van der Waals surface area contributed by atoms with E-state index < -0.39 is 0 Å². The van der Waals surface area contributed by atoms with Crippen LogP contribution in [0.25, 0.3) is 0 Å². The highest BCUT2D eigenvalue weighted by Crippen LogP contribution is 2.24. The molecule has 5 nitrogen and oxygen atoms in total. The molecule has 1 amide bonds. The van der Waals surface area contributed by atoms with Crippen molar-refractivity contribution in [3.8, 4) is 6.07 Å². The van der Waals surface area contributed by atoms with Crippen LogP contribution in [0.2, 0.25) is 0 Å². The van der Waals surface area contributed by atoms with Crippen LogP contribution >= 0.6 is 0 Å². The number of rotatable bonds is 4. The van der Waals surface area contributed by atoms with Gasteiger partial charge < -0.3 is 15.0 Å². The topological polar surface area (TPSA) is 65.4 Å². The van der Waals surface area contributed by atoms with Crippen molar-refractivity contribution >= 4 is 5.91 Å². The molecule has 1 atom stereocenters. The molecule has 1 fully saturated rings. The van der Waals surface area contributed by atoms with E-state index in [0.717, 1.165) is 6.42 Å². The van der Waals surface area contributed by atoms with Crippen LogP contribution in [0.1, 0.15) is 42.5 Å². The number of fused-ring (bicyclic) bond motifs is 1. The van der Waals surface area contributed by atoms with E-state index >= 15 is 0 Å². The van der Waals surface area contributed by atoms with Crippen molar-refractivity contribution in [2.45, 2.75) is 38.6 Å². The molecule has 2 aliphatic rings. The standard InChI is InChI=1S/C20H25N3O2/c1-15(17-7-6-16-4-2-3-5-18(16)12-17)22-14-19(13-21)20(24)23-8-10-25-11-9-23/h6-7,12,14-15,22H,2-5,8-11H2,1H3/b19-14-. The van der Waals surface area contributed by atoms with Crippen LogP contribution in [-0.2, 0) is 22.4 Å². The minimum atomic E-state index is -0.226. The van der Waals surface area contributed by atoms with Gasteiger partial charge in [0.15, 0.2) is 0 Å². The molecule has 1 aromatic rings. The first kappa shape index (κ1) is 17.5. The summed E-state index contributed by atoms with van der Waals surface area (Å²) in [5, 5.41) is 12.5. The SMILES string of the molecule is CC(N/C=C(/C#N)C(=O)N1CCOCC1)c1ccc2c(c1)CCCC2. The molecule has 0 radical (unpaired) electrons. The second-order valence-electron chi connectivity index (χ2n) is 6.70. The van der Waals surface area contributed by atoms with Crippen LogP contribution in [0.5, 0.6) is 0 Å². The van der Waals surface area contributed by atoms with Crippen molar-refractivity contribution in [2.24, 2.45) is 0 Å². The molecule has 1 N–H and O–H groups in total. The highest BCUT2D eigenvalue weighted by Gasteiger charge is 2.21. The number of amides is 1. The van der Waals surface area contributed by atoms with Gasteiger partial charge in [-0.05, 0) is 49.3 Å². The summed E-state index contributed by atoms with van der Waals surface area (Å²) in [5.74, 6) is -0.226. The van der Waals surface area contributed by atoms with Crippen molar-refractivity contribution in [2.75, 3.05) is 26.3 Å². The Labute approximate surface area is 149 Å². The third-order valence-corrected chi connectivity index (χ3v) is 5.00. The zero-order valence-corrected chi connectivity index (χ0v) is 14.8. The summed E-state index contributed by atoms with van der Waals surface area (Å²) in [7, 11) is 0. The molecule has 1 heterocycles. The van der Waals surface area contributed by atoms with Gasteiger partial charge in [0.2, 0.25) is 0 Å². The van der Waals surface area contributed by atoms with E-state index in [1.165, 1.54) is 36.0 Å². The number of aryl methyl sites for hydroxylation is 2. The Hall–Kier alpha value is -2.32. The number of morpholine rings is 1. The fourth-order valence-corrected chi connectivity index (χ4v) is 3.41. The quantitative estimate of drug-likeness (QED) is 0.676. The summed E-state index contributed by atoms with van der Waals surface area (Å²) < 4.78 is 5.25. The Bertz CT molecular complexity index is 699. The van der Waals surface area contributed by atoms with Gasteiger partial charge in [-0.15, -0.1) is 0 Å². The van der Waals surface area contributed by atoms with Crippen molar-refractivity contribution in [3.63, 3.8) is 0 Å². The molecule has 1 aliphatic heterocycles. The van der Waals surface area contributed by atoms with Gasteiger partial charge in [-0.2, -0.15) is 5.26 Å². The first-order valence-electron chi connectivity index (χ1n) is 9.04. The summed E-state index contributed by atoms with van der Waals surface area (Å²) in [6, 6.07) is 8.69. The minimum Gasteiger partial charge on any atom is -0.383 e. The van der Waals surface area contributed by atoms with Crippen LogP contribution in [-0.4, -0.2) is 37.1 Å². The number of carbonyl (C=O) groups excluding carboxylic acids is 1. The van der Waals surface area contributed by atoms with Crippen LogP contribution < -0.4 is 5.32 Å². The van der Waals surface area contributed by atoms with E-state index in [9.17, 15) is 10.1 Å². The average Bonchev–Trinajstić information content (AvgIpc) is 2.68. The molecule has 25 heavy (non-hydrogen) atoms. The van der Waals surface area contributed by atoms with Crippen molar-refractivity contribution in [1.29, 1.82) is 5.26 Å². The van der Waals surface area contributed by atoms with E-state index in [2.05, 4.69) is 30.4 Å². The van der Waals surface area contributed by atoms with Gasteiger partial charge in [0.25, 0.3) is 5.91 Å². The van der Waals surface area contributed by atoms with Gasteiger partial charge in [0, 0.05) is 25.3 Å². The zero-order valence-electron chi connectivity index (χ0n) is 14.8. The highest BCUT2D eigenvalue weighted by molar-refractivity contribution is 5.97. The van der Waals surface area contributed by atoms with Gasteiger partial charge in [0.1, 0.15) is 11.6 Å². The molecule has 1 saturated heterocycles. The fraction of sp³-hybridized carbons (Fsp3) is 0.500. The maximum Gasteiger partial charge on any atom is 0.266 e.